The molecule has 1 aliphatic rings. The molecule has 1 fully saturated rings. The SMILES string of the molecule is CC(C)C1C(=O)NCCN1C(=O)Nc1nnc(-c2ccccn2)s1. The molecule has 1 aliphatic heterocycles. The Labute approximate surface area is 143 Å². The van der Waals surface area contributed by atoms with Gasteiger partial charge in [-0.2, -0.15) is 0 Å². The maximum Gasteiger partial charge on any atom is 0.324 e. The second-order valence-electron chi connectivity index (χ2n) is 5.73. The lowest BCUT2D eigenvalue weighted by Crippen LogP contribution is -2.60. The van der Waals surface area contributed by atoms with Crippen LogP contribution in [0, 0.1) is 5.92 Å². The highest BCUT2D eigenvalue weighted by Crippen LogP contribution is 2.25. The fourth-order valence-corrected chi connectivity index (χ4v) is 3.32. The van der Waals surface area contributed by atoms with Crippen molar-refractivity contribution < 1.29 is 9.59 Å². The number of hydrogen-bond donors (Lipinski definition) is 2. The second-order valence-corrected chi connectivity index (χ2v) is 6.71. The van der Waals surface area contributed by atoms with Gasteiger partial charge >= 0.3 is 6.03 Å². The summed E-state index contributed by atoms with van der Waals surface area (Å²) in [5, 5.41) is 14.6. The number of anilines is 1. The molecular weight excluding hydrogens is 328 g/mol. The van der Waals surface area contributed by atoms with Crippen LogP contribution in [0.4, 0.5) is 9.93 Å². The molecule has 9 heteroatoms. The molecule has 0 radical (unpaired) electrons. The highest BCUT2D eigenvalue weighted by molar-refractivity contribution is 7.18. The lowest BCUT2D eigenvalue weighted by Gasteiger charge is -2.36. The molecule has 0 spiro atoms. The van der Waals surface area contributed by atoms with Gasteiger partial charge in [0, 0.05) is 19.3 Å². The first kappa shape index (κ1) is 16.3. The summed E-state index contributed by atoms with van der Waals surface area (Å²) in [5.41, 5.74) is 0.702. The topological polar surface area (TPSA) is 100 Å². The van der Waals surface area contributed by atoms with E-state index in [1.54, 1.807) is 11.1 Å². The third kappa shape index (κ3) is 3.35. The minimum Gasteiger partial charge on any atom is -0.353 e. The molecule has 2 aromatic rings. The lowest BCUT2D eigenvalue weighted by atomic mass is 10.0. The van der Waals surface area contributed by atoms with Gasteiger partial charge in [-0.3, -0.25) is 15.1 Å². The van der Waals surface area contributed by atoms with E-state index in [1.807, 2.05) is 32.0 Å². The van der Waals surface area contributed by atoms with Gasteiger partial charge < -0.3 is 10.2 Å². The van der Waals surface area contributed by atoms with E-state index in [9.17, 15) is 9.59 Å². The first-order chi connectivity index (χ1) is 11.6. The summed E-state index contributed by atoms with van der Waals surface area (Å²) in [5.74, 6) is -0.104. The van der Waals surface area contributed by atoms with Crippen molar-refractivity contribution in [2.75, 3.05) is 18.4 Å². The maximum atomic E-state index is 12.5. The van der Waals surface area contributed by atoms with Gasteiger partial charge in [-0.25, -0.2) is 4.79 Å². The summed E-state index contributed by atoms with van der Waals surface area (Å²) >= 11 is 1.24. The normalized spacial score (nSPS) is 17.7. The second kappa shape index (κ2) is 6.91. The van der Waals surface area contributed by atoms with Crippen molar-refractivity contribution in [3.8, 4) is 10.7 Å². The van der Waals surface area contributed by atoms with Crippen LogP contribution in [0.2, 0.25) is 0 Å². The van der Waals surface area contributed by atoms with Crippen LogP contribution in [0.15, 0.2) is 24.4 Å². The third-order valence-electron chi connectivity index (χ3n) is 3.67. The Morgan fingerprint density at radius 3 is 2.96 bits per heavy atom. The first-order valence-corrected chi connectivity index (χ1v) is 8.48. The van der Waals surface area contributed by atoms with Crippen molar-refractivity contribution in [1.29, 1.82) is 0 Å². The van der Waals surface area contributed by atoms with Crippen LogP contribution in [-0.4, -0.2) is 51.2 Å². The summed E-state index contributed by atoms with van der Waals surface area (Å²) in [4.78, 5) is 30.3. The van der Waals surface area contributed by atoms with E-state index in [1.165, 1.54) is 11.3 Å². The zero-order valence-electron chi connectivity index (χ0n) is 13.4. The lowest BCUT2D eigenvalue weighted by molar-refractivity contribution is -0.129. The number of hydrogen-bond acceptors (Lipinski definition) is 6. The largest absolute Gasteiger partial charge is 0.353 e. The number of nitrogens with one attached hydrogen (secondary N) is 2. The van der Waals surface area contributed by atoms with Crippen LogP contribution >= 0.6 is 11.3 Å². The molecule has 2 N–H and O–H groups in total. The Morgan fingerprint density at radius 2 is 2.25 bits per heavy atom. The predicted molar refractivity (Wildman–Crippen MR) is 90.5 cm³/mol. The predicted octanol–water partition coefficient (Wildman–Crippen LogP) is 1.59. The minimum atomic E-state index is -0.484. The van der Waals surface area contributed by atoms with Gasteiger partial charge in [0.15, 0.2) is 5.01 Å². The third-order valence-corrected chi connectivity index (χ3v) is 4.53. The average Bonchev–Trinajstić information content (AvgIpc) is 3.03. The van der Waals surface area contributed by atoms with E-state index in [0.717, 1.165) is 0 Å². The summed E-state index contributed by atoms with van der Waals surface area (Å²) in [7, 11) is 0. The van der Waals surface area contributed by atoms with E-state index >= 15 is 0 Å². The smallest absolute Gasteiger partial charge is 0.324 e. The number of piperazine rings is 1. The maximum absolute atomic E-state index is 12.5. The van der Waals surface area contributed by atoms with E-state index in [2.05, 4.69) is 25.8 Å². The molecule has 3 rings (SSSR count). The Balaban J connectivity index is 1.73. The average molecular weight is 346 g/mol. The van der Waals surface area contributed by atoms with Crippen molar-refractivity contribution in [3.63, 3.8) is 0 Å². The number of pyridine rings is 1. The molecule has 3 amide bonds. The van der Waals surface area contributed by atoms with E-state index < -0.39 is 6.04 Å². The van der Waals surface area contributed by atoms with Crippen LogP contribution < -0.4 is 10.6 Å². The molecule has 2 aromatic heterocycles. The summed E-state index contributed by atoms with van der Waals surface area (Å²) in [6.07, 6.45) is 1.68. The van der Waals surface area contributed by atoms with Crippen LogP contribution in [0.3, 0.4) is 0 Å². The molecule has 0 aliphatic carbocycles. The Bertz CT molecular complexity index is 733. The zero-order valence-corrected chi connectivity index (χ0v) is 14.2. The first-order valence-electron chi connectivity index (χ1n) is 7.66. The van der Waals surface area contributed by atoms with Gasteiger partial charge in [0.1, 0.15) is 11.7 Å². The quantitative estimate of drug-likeness (QED) is 0.879. The molecule has 8 nitrogen and oxygen atoms in total. The van der Waals surface area contributed by atoms with Crippen molar-refractivity contribution >= 4 is 28.4 Å². The summed E-state index contributed by atoms with van der Waals surface area (Å²) in [6, 6.07) is 4.69. The number of amides is 3. The zero-order chi connectivity index (χ0) is 17.1. The molecule has 126 valence electrons. The van der Waals surface area contributed by atoms with Crippen molar-refractivity contribution in [3.05, 3.63) is 24.4 Å². The minimum absolute atomic E-state index is 0.0227. The number of urea groups is 1. The van der Waals surface area contributed by atoms with Crippen LogP contribution in [0.1, 0.15) is 13.8 Å². The number of aromatic nitrogens is 3. The molecule has 3 heterocycles. The van der Waals surface area contributed by atoms with E-state index in [-0.39, 0.29) is 17.9 Å². The van der Waals surface area contributed by atoms with E-state index in [4.69, 9.17) is 0 Å². The number of nitrogens with zero attached hydrogens (tertiary/aromatic N) is 4. The molecular formula is C15H18N6O2S. The van der Waals surface area contributed by atoms with Crippen molar-refractivity contribution in [2.45, 2.75) is 19.9 Å². The fourth-order valence-electron chi connectivity index (χ4n) is 2.61. The number of carbonyl (C=O) groups excluding carboxylic acids is 2. The van der Waals surface area contributed by atoms with E-state index in [0.29, 0.717) is 28.9 Å². The molecule has 24 heavy (non-hydrogen) atoms. The van der Waals surface area contributed by atoms with Gasteiger partial charge in [-0.15, -0.1) is 10.2 Å². The number of rotatable bonds is 3. The highest BCUT2D eigenvalue weighted by atomic mass is 32.1. The van der Waals surface area contributed by atoms with Gasteiger partial charge in [-0.1, -0.05) is 31.3 Å². The molecule has 1 saturated heterocycles. The molecule has 0 aromatic carbocycles. The standard InChI is InChI=1S/C15H18N6O2S/c1-9(2)11-12(22)17-7-8-21(11)15(23)18-14-20-19-13(24-14)10-5-3-4-6-16-10/h3-6,9,11H,7-8H2,1-2H3,(H,17,22)(H,18,20,23). The van der Waals surface area contributed by atoms with Gasteiger partial charge in [-0.05, 0) is 18.1 Å². The Hall–Kier alpha value is -2.55. The van der Waals surface area contributed by atoms with Gasteiger partial charge in [0.2, 0.25) is 11.0 Å². The number of carbonyl (C=O) groups is 2. The molecule has 0 saturated carbocycles. The summed E-state index contributed by atoms with van der Waals surface area (Å²) in [6.45, 7) is 4.75. The van der Waals surface area contributed by atoms with Gasteiger partial charge in [0.25, 0.3) is 0 Å². The van der Waals surface area contributed by atoms with Crippen LogP contribution in [0.5, 0.6) is 0 Å². The van der Waals surface area contributed by atoms with Crippen LogP contribution in [-0.2, 0) is 4.79 Å². The molecule has 1 atom stereocenters. The molecule has 0 bridgehead atoms. The van der Waals surface area contributed by atoms with Crippen molar-refractivity contribution in [1.82, 2.24) is 25.4 Å². The summed E-state index contributed by atoms with van der Waals surface area (Å²) < 4.78 is 0. The monoisotopic (exact) mass is 346 g/mol. The van der Waals surface area contributed by atoms with Crippen LogP contribution in [0.25, 0.3) is 10.7 Å². The Kier molecular flexibility index (Phi) is 4.70. The fraction of sp³-hybridized carbons (Fsp3) is 0.400. The molecule has 1 unspecified atom stereocenters. The van der Waals surface area contributed by atoms with Gasteiger partial charge in [0.05, 0.1) is 0 Å². The Morgan fingerprint density at radius 1 is 1.42 bits per heavy atom. The van der Waals surface area contributed by atoms with Crippen molar-refractivity contribution in [2.24, 2.45) is 5.92 Å². The highest BCUT2D eigenvalue weighted by Gasteiger charge is 2.35.